The van der Waals surface area contributed by atoms with E-state index in [0.717, 1.165) is 5.56 Å². The monoisotopic (exact) mass is 420 g/mol. The summed E-state index contributed by atoms with van der Waals surface area (Å²) in [6.45, 7) is 0.826. The summed E-state index contributed by atoms with van der Waals surface area (Å²) < 4.78 is 4.66. The Morgan fingerprint density at radius 2 is 1.90 bits per heavy atom. The van der Waals surface area contributed by atoms with Gasteiger partial charge < -0.3 is 16.4 Å². The Morgan fingerprint density at radius 1 is 1.17 bits per heavy atom. The van der Waals surface area contributed by atoms with Crippen LogP contribution in [0, 0.1) is 10.1 Å². The molecule has 11 heteroatoms. The normalized spacial score (nSPS) is 11.5. The quantitative estimate of drug-likeness (QED) is 0.352. The lowest BCUT2D eigenvalue weighted by molar-refractivity contribution is -0.383. The maximum absolute atomic E-state index is 12.7. The molecule has 0 radical (unpaired) electrons. The zero-order valence-electron chi connectivity index (χ0n) is 15.4. The highest BCUT2D eigenvalue weighted by molar-refractivity contribution is 5.95. The van der Waals surface area contributed by atoms with Crippen molar-refractivity contribution in [2.24, 2.45) is 5.73 Å². The minimum absolute atomic E-state index is 0. The number of aromatic nitrogens is 2. The number of hydrogen-bond acceptors (Lipinski definition) is 8. The molecule has 2 aromatic carbocycles. The van der Waals surface area contributed by atoms with Crippen LogP contribution in [0.15, 0.2) is 47.1 Å². The van der Waals surface area contributed by atoms with E-state index in [1.165, 1.54) is 12.1 Å². The van der Waals surface area contributed by atoms with Gasteiger partial charge in [-0.2, -0.15) is 0 Å². The Hall–Kier alpha value is -3.24. The highest BCUT2D eigenvalue weighted by atomic mass is 35.5. The van der Waals surface area contributed by atoms with E-state index in [0.29, 0.717) is 31.6 Å². The Labute approximate surface area is 172 Å². The second kappa shape index (κ2) is 10.3. The first kappa shape index (κ1) is 22.1. The predicted octanol–water partition coefficient (Wildman–Crippen LogP) is 2.39. The average Bonchev–Trinajstić information content (AvgIpc) is 3.20. The summed E-state index contributed by atoms with van der Waals surface area (Å²) >= 11 is 0. The number of benzene rings is 2. The highest BCUT2D eigenvalue weighted by Crippen LogP contribution is 2.29. The number of fused-ring (bicyclic) bond motifs is 1. The molecule has 0 saturated heterocycles. The van der Waals surface area contributed by atoms with Crippen molar-refractivity contribution in [3.63, 3.8) is 0 Å². The molecule has 29 heavy (non-hydrogen) atoms. The van der Waals surface area contributed by atoms with Crippen LogP contribution in [0.2, 0.25) is 0 Å². The molecular formula is C18H21ClN6O4. The molecule has 1 heterocycles. The van der Waals surface area contributed by atoms with Gasteiger partial charge in [-0.05, 0) is 41.3 Å². The van der Waals surface area contributed by atoms with Crippen molar-refractivity contribution in [2.75, 3.05) is 11.9 Å². The third kappa shape index (κ3) is 5.39. The lowest BCUT2D eigenvalue weighted by Gasteiger charge is -2.19. The minimum atomic E-state index is -0.589. The van der Waals surface area contributed by atoms with Crippen molar-refractivity contribution in [3.05, 3.63) is 58.1 Å². The molecule has 0 spiro atoms. The number of nitro benzene ring substituents is 1. The Kier molecular flexibility index (Phi) is 7.87. The molecule has 1 unspecified atom stereocenters. The van der Waals surface area contributed by atoms with Gasteiger partial charge in [0.05, 0.1) is 10.6 Å². The van der Waals surface area contributed by atoms with Crippen LogP contribution in [0.4, 0.5) is 11.4 Å². The molecule has 0 aliphatic rings. The predicted molar refractivity (Wildman–Crippen MR) is 110 cm³/mol. The molecule has 3 aromatic rings. The van der Waals surface area contributed by atoms with Gasteiger partial charge in [0, 0.05) is 12.6 Å². The van der Waals surface area contributed by atoms with E-state index in [9.17, 15) is 14.9 Å². The molecule has 0 aliphatic carbocycles. The van der Waals surface area contributed by atoms with Gasteiger partial charge in [0.15, 0.2) is 5.52 Å². The van der Waals surface area contributed by atoms with Crippen molar-refractivity contribution >= 4 is 40.7 Å². The number of hydrogen-bond donors (Lipinski definition) is 3. The van der Waals surface area contributed by atoms with Crippen LogP contribution in [-0.4, -0.2) is 33.7 Å². The number of non-ortho nitro benzene ring substituents is 1. The molecule has 0 bridgehead atoms. The van der Waals surface area contributed by atoms with Crippen LogP contribution >= 0.6 is 12.4 Å². The standard InChI is InChI=1S/C18H20N6O4.ClH/c19-10-4-7-14(18(25)20-11-12-5-2-1-3-6-12)21-13-8-9-15(24(26)27)17-16(13)22-28-23-17;/h1-3,5-6,8-9,14,21H,4,7,10-11,19H2,(H,20,25);1H. The van der Waals surface area contributed by atoms with Crippen LogP contribution in [0.3, 0.4) is 0 Å². The van der Waals surface area contributed by atoms with Crippen LogP contribution in [0.25, 0.3) is 11.0 Å². The van der Waals surface area contributed by atoms with Gasteiger partial charge in [-0.3, -0.25) is 14.9 Å². The third-order valence-electron chi connectivity index (χ3n) is 4.24. The van der Waals surface area contributed by atoms with E-state index in [1.807, 2.05) is 30.3 Å². The van der Waals surface area contributed by atoms with Crippen molar-refractivity contribution < 1.29 is 14.3 Å². The van der Waals surface area contributed by atoms with E-state index in [1.54, 1.807) is 0 Å². The molecule has 4 N–H and O–H groups in total. The molecule has 1 amide bonds. The van der Waals surface area contributed by atoms with Gasteiger partial charge in [0.2, 0.25) is 11.4 Å². The van der Waals surface area contributed by atoms with Crippen molar-refractivity contribution in [2.45, 2.75) is 25.4 Å². The summed E-state index contributed by atoms with van der Waals surface area (Å²) in [6, 6.07) is 11.7. The second-order valence-corrected chi connectivity index (χ2v) is 6.18. The minimum Gasteiger partial charge on any atom is -0.372 e. The largest absolute Gasteiger partial charge is 0.372 e. The van der Waals surface area contributed by atoms with E-state index < -0.39 is 11.0 Å². The van der Waals surface area contributed by atoms with Gasteiger partial charge in [-0.1, -0.05) is 30.3 Å². The van der Waals surface area contributed by atoms with E-state index in [2.05, 4.69) is 25.6 Å². The summed E-state index contributed by atoms with van der Waals surface area (Å²) in [5.41, 5.74) is 7.01. The second-order valence-electron chi connectivity index (χ2n) is 6.18. The molecule has 10 nitrogen and oxygen atoms in total. The fraction of sp³-hybridized carbons (Fsp3) is 0.278. The number of amides is 1. The summed E-state index contributed by atoms with van der Waals surface area (Å²) in [6.07, 6.45) is 1.12. The number of anilines is 1. The van der Waals surface area contributed by atoms with Gasteiger partial charge >= 0.3 is 5.69 Å². The van der Waals surface area contributed by atoms with Gasteiger partial charge in [-0.25, -0.2) is 4.63 Å². The van der Waals surface area contributed by atoms with Crippen LogP contribution in [0.5, 0.6) is 0 Å². The maximum atomic E-state index is 12.7. The SMILES string of the molecule is Cl.NCCCC(Nc1ccc([N+](=O)[O-])c2nonc12)C(=O)NCc1ccccc1. The number of carbonyl (C=O) groups is 1. The highest BCUT2D eigenvalue weighted by Gasteiger charge is 2.23. The number of nitrogens with one attached hydrogen (secondary N) is 2. The number of carbonyl (C=O) groups excluding carboxylic acids is 1. The lowest BCUT2D eigenvalue weighted by atomic mass is 10.1. The van der Waals surface area contributed by atoms with Crippen LogP contribution in [-0.2, 0) is 11.3 Å². The number of nitrogens with two attached hydrogens (primary N) is 1. The summed E-state index contributed by atoms with van der Waals surface area (Å²) in [7, 11) is 0. The Bertz CT molecular complexity index is 965. The molecular weight excluding hydrogens is 400 g/mol. The van der Waals surface area contributed by atoms with Gasteiger partial charge in [-0.15, -0.1) is 12.4 Å². The summed E-state index contributed by atoms with van der Waals surface area (Å²) in [5.74, 6) is -0.208. The van der Waals surface area contributed by atoms with Crippen molar-refractivity contribution in [3.8, 4) is 0 Å². The van der Waals surface area contributed by atoms with Gasteiger partial charge in [0.1, 0.15) is 6.04 Å². The fourth-order valence-electron chi connectivity index (χ4n) is 2.80. The average molecular weight is 421 g/mol. The third-order valence-corrected chi connectivity index (χ3v) is 4.24. The molecule has 0 saturated carbocycles. The van der Waals surface area contributed by atoms with Gasteiger partial charge in [0.25, 0.3) is 0 Å². The molecule has 0 fully saturated rings. The maximum Gasteiger partial charge on any atom is 0.300 e. The number of halogens is 1. The van der Waals surface area contributed by atoms with Crippen molar-refractivity contribution in [1.29, 1.82) is 0 Å². The fourth-order valence-corrected chi connectivity index (χ4v) is 2.80. The molecule has 1 aromatic heterocycles. The van der Waals surface area contributed by atoms with E-state index in [-0.39, 0.29) is 35.0 Å². The van der Waals surface area contributed by atoms with Crippen LogP contribution < -0.4 is 16.4 Å². The zero-order valence-corrected chi connectivity index (χ0v) is 16.2. The van der Waals surface area contributed by atoms with E-state index in [4.69, 9.17) is 5.73 Å². The number of rotatable bonds is 9. The number of nitro groups is 1. The van der Waals surface area contributed by atoms with Crippen molar-refractivity contribution in [1.82, 2.24) is 15.6 Å². The van der Waals surface area contributed by atoms with Crippen LogP contribution in [0.1, 0.15) is 18.4 Å². The molecule has 0 aliphatic heterocycles. The first-order chi connectivity index (χ1) is 13.6. The van der Waals surface area contributed by atoms with E-state index >= 15 is 0 Å². The molecule has 154 valence electrons. The topological polar surface area (TPSA) is 149 Å². The lowest BCUT2D eigenvalue weighted by Crippen LogP contribution is -2.39. The first-order valence-electron chi connectivity index (χ1n) is 8.78. The Balaban J connectivity index is 0.00000300. The Morgan fingerprint density at radius 3 is 2.59 bits per heavy atom. The smallest absolute Gasteiger partial charge is 0.300 e. The summed E-state index contributed by atoms with van der Waals surface area (Å²) in [4.78, 5) is 23.2. The molecule has 1 atom stereocenters. The summed E-state index contributed by atoms with van der Waals surface area (Å²) in [5, 5.41) is 24.4. The number of nitrogens with zero attached hydrogens (tertiary/aromatic N) is 3. The molecule has 3 rings (SSSR count). The first-order valence-corrected chi connectivity index (χ1v) is 8.78. The zero-order chi connectivity index (χ0) is 19.9.